The van der Waals surface area contributed by atoms with Gasteiger partial charge in [-0.3, -0.25) is 0 Å². The van der Waals surface area contributed by atoms with Crippen molar-refractivity contribution in [2.75, 3.05) is 20.3 Å². The zero-order chi connectivity index (χ0) is 30.9. The van der Waals surface area contributed by atoms with Crippen molar-refractivity contribution in [1.82, 2.24) is 9.80 Å². The van der Waals surface area contributed by atoms with Crippen LogP contribution in [-0.2, 0) is 0 Å². The first-order valence-corrected chi connectivity index (χ1v) is 20.4. The Bertz CT molecular complexity index is 558. The Kier molecular flexibility index (Phi) is 30.7. The highest BCUT2D eigenvalue weighted by molar-refractivity contribution is 4.88. The van der Waals surface area contributed by atoms with Crippen LogP contribution in [0.4, 0.5) is 0 Å². The van der Waals surface area contributed by atoms with E-state index in [1.54, 1.807) is 0 Å². The van der Waals surface area contributed by atoms with Crippen LogP contribution >= 0.6 is 0 Å². The molecule has 1 rings (SSSR count). The van der Waals surface area contributed by atoms with Gasteiger partial charge in [-0.2, -0.15) is 0 Å². The minimum Gasteiger partial charge on any atom is -0.362 e. The fraction of sp³-hybridized carbons (Fsp3) is 0.951. The number of nitrogens with zero attached hydrogens (tertiary/aromatic N) is 2. The summed E-state index contributed by atoms with van der Waals surface area (Å²) in [4.78, 5) is 4.72. The summed E-state index contributed by atoms with van der Waals surface area (Å²) in [5, 5.41) is 0. The molecule has 0 aliphatic carbocycles. The maximum atomic E-state index is 2.45. The van der Waals surface area contributed by atoms with E-state index in [2.05, 4.69) is 43.1 Å². The van der Waals surface area contributed by atoms with Crippen LogP contribution in [0.2, 0.25) is 0 Å². The second-order valence-electron chi connectivity index (χ2n) is 14.6. The van der Waals surface area contributed by atoms with Crippen molar-refractivity contribution >= 4 is 0 Å². The Hall–Kier alpha value is -0.660. The molecule has 0 N–H and O–H groups in total. The largest absolute Gasteiger partial charge is 0.362 e. The molecule has 1 heterocycles. The molecular formula is C41H82N2. The molecule has 1 atom stereocenters. The lowest BCUT2D eigenvalue weighted by atomic mass is 9.89. The van der Waals surface area contributed by atoms with E-state index in [0.29, 0.717) is 0 Å². The molecule has 43 heavy (non-hydrogen) atoms. The summed E-state index contributed by atoms with van der Waals surface area (Å²) in [6, 6.07) is 0. The van der Waals surface area contributed by atoms with Crippen molar-refractivity contribution in [2.45, 2.75) is 226 Å². The van der Waals surface area contributed by atoms with E-state index >= 15 is 0 Å². The van der Waals surface area contributed by atoms with Gasteiger partial charge in [-0.25, -0.2) is 0 Å². The van der Waals surface area contributed by atoms with Crippen molar-refractivity contribution < 1.29 is 0 Å². The predicted molar refractivity (Wildman–Crippen MR) is 196 cm³/mol. The summed E-state index contributed by atoms with van der Waals surface area (Å²) in [6.45, 7) is 6.96. The second-order valence-corrected chi connectivity index (χ2v) is 14.6. The predicted octanol–water partition coefficient (Wildman–Crippen LogP) is 14.2. The van der Waals surface area contributed by atoms with Gasteiger partial charge in [0.15, 0.2) is 0 Å². The molecule has 1 unspecified atom stereocenters. The molecule has 0 aromatic rings. The third kappa shape index (κ3) is 28.5. The van der Waals surface area contributed by atoms with Gasteiger partial charge < -0.3 is 9.80 Å². The molecule has 0 spiro atoms. The van der Waals surface area contributed by atoms with E-state index in [-0.39, 0.29) is 0 Å². The Morgan fingerprint density at radius 1 is 0.395 bits per heavy atom. The molecule has 0 bridgehead atoms. The average molecular weight is 603 g/mol. The van der Waals surface area contributed by atoms with Crippen molar-refractivity contribution in [2.24, 2.45) is 5.92 Å². The summed E-state index contributed by atoms with van der Waals surface area (Å²) in [6.07, 6.45) is 53.0. The van der Waals surface area contributed by atoms with E-state index in [1.807, 2.05) is 0 Å². The fourth-order valence-corrected chi connectivity index (χ4v) is 7.17. The van der Waals surface area contributed by atoms with Crippen molar-refractivity contribution in [1.29, 1.82) is 0 Å². The van der Waals surface area contributed by atoms with E-state index in [4.69, 9.17) is 0 Å². The molecular weight excluding hydrogens is 520 g/mol. The van der Waals surface area contributed by atoms with Gasteiger partial charge in [0.1, 0.15) is 0 Å². The molecule has 1 aliphatic rings. The zero-order valence-corrected chi connectivity index (χ0v) is 30.4. The highest BCUT2D eigenvalue weighted by Crippen LogP contribution is 2.25. The number of hydrogen-bond donors (Lipinski definition) is 0. The van der Waals surface area contributed by atoms with E-state index in [0.717, 1.165) is 12.6 Å². The molecule has 0 saturated heterocycles. The summed E-state index contributed by atoms with van der Waals surface area (Å²) in [5.41, 5.74) is 0. The van der Waals surface area contributed by atoms with Gasteiger partial charge in [-0.1, -0.05) is 219 Å². The molecule has 0 radical (unpaired) electrons. The first kappa shape index (κ1) is 40.4. The van der Waals surface area contributed by atoms with Crippen LogP contribution in [0.15, 0.2) is 12.4 Å². The normalized spacial score (nSPS) is 13.9. The Labute approximate surface area is 273 Å². The van der Waals surface area contributed by atoms with Gasteiger partial charge >= 0.3 is 0 Å². The standard InChI is InChI=1S/C41H82N2/c1-4-6-8-10-12-14-15-16-17-18-19-20-21-23-27-31-35-41(34-30-26-22-13-11-9-7-5-2)36-32-28-24-25-29-33-37-43-39-38-42(3)40-43/h38-39,41H,4-37,40H2,1-3H3. The van der Waals surface area contributed by atoms with Crippen molar-refractivity contribution in [3.05, 3.63) is 12.4 Å². The van der Waals surface area contributed by atoms with Crippen LogP contribution in [0.25, 0.3) is 0 Å². The van der Waals surface area contributed by atoms with Crippen LogP contribution in [0.5, 0.6) is 0 Å². The number of rotatable bonds is 35. The average Bonchev–Trinajstić information content (AvgIpc) is 3.43. The summed E-state index contributed by atoms with van der Waals surface area (Å²) >= 11 is 0. The molecule has 0 amide bonds. The van der Waals surface area contributed by atoms with Gasteiger partial charge in [-0.15, -0.1) is 0 Å². The molecule has 0 saturated carbocycles. The highest BCUT2D eigenvalue weighted by atomic mass is 15.3. The van der Waals surface area contributed by atoms with Gasteiger partial charge in [-0.05, 0) is 12.3 Å². The summed E-state index contributed by atoms with van der Waals surface area (Å²) < 4.78 is 0. The maximum absolute atomic E-state index is 2.45. The third-order valence-corrected chi connectivity index (χ3v) is 10.2. The third-order valence-electron chi connectivity index (χ3n) is 10.2. The lowest BCUT2D eigenvalue weighted by Crippen LogP contribution is -2.23. The first-order chi connectivity index (χ1) is 21.3. The molecule has 2 heteroatoms. The molecule has 1 aliphatic heterocycles. The SMILES string of the molecule is CCCCCCCCCCCCCCCCCCC(CCCCCCCCCC)CCCCCCCCN1C=CN(C)C1. The lowest BCUT2D eigenvalue weighted by Gasteiger charge is -2.18. The van der Waals surface area contributed by atoms with Crippen LogP contribution in [0.1, 0.15) is 226 Å². The second kappa shape index (κ2) is 32.7. The Balaban J connectivity index is 2.03. The van der Waals surface area contributed by atoms with Crippen molar-refractivity contribution in [3.63, 3.8) is 0 Å². The van der Waals surface area contributed by atoms with Gasteiger partial charge in [0, 0.05) is 26.0 Å². The summed E-state index contributed by atoms with van der Waals surface area (Å²) in [7, 11) is 2.17. The van der Waals surface area contributed by atoms with E-state index < -0.39 is 0 Å². The molecule has 0 fully saturated rings. The monoisotopic (exact) mass is 603 g/mol. The van der Waals surface area contributed by atoms with Gasteiger partial charge in [0.2, 0.25) is 0 Å². The van der Waals surface area contributed by atoms with Gasteiger partial charge in [0.25, 0.3) is 0 Å². The van der Waals surface area contributed by atoms with E-state index in [9.17, 15) is 0 Å². The topological polar surface area (TPSA) is 6.48 Å². The van der Waals surface area contributed by atoms with E-state index in [1.165, 1.54) is 218 Å². The molecule has 0 aromatic heterocycles. The Morgan fingerprint density at radius 3 is 1.00 bits per heavy atom. The van der Waals surface area contributed by atoms with Crippen LogP contribution in [0.3, 0.4) is 0 Å². The number of hydrogen-bond acceptors (Lipinski definition) is 2. The van der Waals surface area contributed by atoms with Crippen LogP contribution in [0, 0.1) is 5.92 Å². The summed E-state index contributed by atoms with van der Waals surface area (Å²) in [5.74, 6) is 1.02. The number of unbranched alkanes of at least 4 members (excludes halogenated alkanes) is 27. The highest BCUT2D eigenvalue weighted by Gasteiger charge is 2.10. The van der Waals surface area contributed by atoms with Crippen molar-refractivity contribution in [3.8, 4) is 0 Å². The zero-order valence-electron chi connectivity index (χ0n) is 30.4. The molecule has 256 valence electrons. The van der Waals surface area contributed by atoms with Crippen LogP contribution in [-0.4, -0.2) is 30.1 Å². The van der Waals surface area contributed by atoms with Crippen LogP contribution < -0.4 is 0 Å². The van der Waals surface area contributed by atoms with Gasteiger partial charge in [0.05, 0.1) is 6.67 Å². The molecule has 2 nitrogen and oxygen atoms in total. The minimum absolute atomic E-state index is 1.02. The quantitative estimate of drug-likeness (QED) is 0.0666. The Morgan fingerprint density at radius 2 is 0.698 bits per heavy atom. The lowest BCUT2D eigenvalue weighted by molar-refractivity contribution is 0.290. The fourth-order valence-electron chi connectivity index (χ4n) is 7.17. The smallest absolute Gasteiger partial charge is 0.0890 e. The first-order valence-electron chi connectivity index (χ1n) is 20.4. The molecule has 0 aromatic carbocycles. The maximum Gasteiger partial charge on any atom is 0.0890 e. The minimum atomic E-state index is 1.02.